The maximum atomic E-state index is 12.5. The van der Waals surface area contributed by atoms with Gasteiger partial charge in [0.25, 0.3) is 5.91 Å². The fourth-order valence-corrected chi connectivity index (χ4v) is 2.55. The molecule has 0 atom stereocenters. The molecule has 0 aliphatic heterocycles. The zero-order valence-electron chi connectivity index (χ0n) is 17.1. The number of carbonyl (C=O) groups excluding carboxylic acids is 2. The molecule has 0 saturated heterocycles. The topological polar surface area (TPSA) is 71.5 Å². The maximum absolute atomic E-state index is 12.5. The summed E-state index contributed by atoms with van der Waals surface area (Å²) in [7, 11) is 0. The third kappa shape index (κ3) is 7.39. The van der Waals surface area contributed by atoms with E-state index >= 15 is 0 Å². The third-order valence-corrected chi connectivity index (χ3v) is 3.95. The fraction of sp³-hybridized carbons (Fsp3) is 0.409. The molecule has 0 saturated carbocycles. The van der Waals surface area contributed by atoms with Crippen LogP contribution in [0.2, 0.25) is 0 Å². The number of hydrogen-bond acceptors (Lipinski definition) is 4. The second kappa shape index (κ2) is 9.88. The number of pyridine rings is 1. The Balaban J connectivity index is 1.89. The van der Waals surface area contributed by atoms with Crippen molar-refractivity contribution in [3.05, 3.63) is 65.5 Å². The van der Waals surface area contributed by atoms with Crippen LogP contribution >= 0.6 is 0 Å². The minimum Gasteiger partial charge on any atom is -0.444 e. The van der Waals surface area contributed by atoms with Gasteiger partial charge in [0.1, 0.15) is 5.60 Å². The number of aryl methyl sites for hydroxylation is 1. The lowest BCUT2D eigenvalue weighted by molar-refractivity contribution is 0.0232. The van der Waals surface area contributed by atoms with Gasteiger partial charge in [-0.25, -0.2) is 4.79 Å². The van der Waals surface area contributed by atoms with Crippen LogP contribution in [0.5, 0.6) is 0 Å². The SMILES string of the molecule is Cc1ccc(C(=O)NCCCN(Cc2cccnc2)C(=O)OC(C)(C)C)cc1. The van der Waals surface area contributed by atoms with Crippen molar-refractivity contribution in [2.45, 2.75) is 46.3 Å². The Kier molecular flexibility index (Phi) is 7.55. The first kappa shape index (κ1) is 21.4. The highest BCUT2D eigenvalue weighted by Crippen LogP contribution is 2.13. The number of nitrogens with zero attached hydrogens (tertiary/aromatic N) is 2. The van der Waals surface area contributed by atoms with Crippen molar-refractivity contribution in [3.8, 4) is 0 Å². The normalized spacial score (nSPS) is 11.0. The largest absolute Gasteiger partial charge is 0.444 e. The molecule has 2 rings (SSSR count). The van der Waals surface area contributed by atoms with Gasteiger partial charge in [0.05, 0.1) is 6.54 Å². The van der Waals surface area contributed by atoms with Crippen LogP contribution in [0.25, 0.3) is 0 Å². The van der Waals surface area contributed by atoms with Crippen molar-refractivity contribution >= 4 is 12.0 Å². The third-order valence-electron chi connectivity index (χ3n) is 3.95. The van der Waals surface area contributed by atoms with Crippen LogP contribution in [0.1, 0.15) is 48.7 Å². The smallest absolute Gasteiger partial charge is 0.410 e. The number of ether oxygens (including phenoxy) is 1. The van der Waals surface area contributed by atoms with Crippen LogP contribution in [0, 0.1) is 6.92 Å². The molecular formula is C22H29N3O3. The summed E-state index contributed by atoms with van der Waals surface area (Å²) in [4.78, 5) is 30.5. The van der Waals surface area contributed by atoms with E-state index in [1.165, 1.54) is 0 Å². The summed E-state index contributed by atoms with van der Waals surface area (Å²) >= 11 is 0. The van der Waals surface area contributed by atoms with Crippen LogP contribution in [0.3, 0.4) is 0 Å². The zero-order valence-corrected chi connectivity index (χ0v) is 17.1. The van der Waals surface area contributed by atoms with Crippen molar-refractivity contribution in [1.29, 1.82) is 0 Å². The van der Waals surface area contributed by atoms with Gasteiger partial charge in [0.15, 0.2) is 0 Å². The molecule has 0 unspecified atom stereocenters. The molecule has 6 nitrogen and oxygen atoms in total. The molecule has 2 amide bonds. The van der Waals surface area contributed by atoms with Crippen molar-refractivity contribution in [2.75, 3.05) is 13.1 Å². The molecule has 150 valence electrons. The molecule has 0 radical (unpaired) electrons. The molecule has 2 aromatic rings. The molecule has 0 aliphatic rings. The average Bonchev–Trinajstić information content (AvgIpc) is 2.64. The Bertz CT molecular complexity index is 768. The van der Waals surface area contributed by atoms with Gasteiger partial charge in [-0.3, -0.25) is 9.78 Å². The van der Waals surface area contributed by atoms with Crippen molar-refractivity contribution in [1.82, 2.24) is 15.2 Å². The summed E-state index contributed by atoms with van der Waals surface area (Å²) in [5.41, 5.74) is 2.10. The summed E-state index contributed by atoms with van der Waals surface area (Å²) in [6, 6.07) is 11.2. The van der Waals surface area contributed by atoms with Crippen LogP contribution in [-0.4, -0.2) is 40.6 Å². The fourth-order valence-electron chi connectivity index (χ4n) is 2.55. The summed E-state index contributed by atoms with van der Waals surface area (Å²) in [6.07, 6.45) is 3.68. The van der Waals surface area contributed by atoms with Crippen molar-refractivity contribution in [2.24, 2.45) is 0 Å². The number of amides is 2. The first-order valence-corrected chi connectivity index (χ1v) is 9.46. The number of carbonyl (C=O) groups is 2. The molecule has 0 fully saturated rings. The first-order chi connectivity index (χ1) is 13.2. The van der Waals surface area contributed by atoms with Crippen LogP contribution in [-0.2, 0) is 11.3 Å². The Morgan fingerprint density at radius 1 is 1.14 bits per heavy atom. The Hall–Kier alpha value is -2.89. The zero-order chi connectivity index (χ0) is 20.6. The highest BCUT2D eigenvalue weighted by atomic mass is 16.6. The molecule has 0 spiro atoms. The van der Waals surface area contributed by atoms with Gasteiger partial charge >= 0.3 is 6.09 Å². The van der Waals surface area contributed by atoms with E-state index in [4.69, 9.17) is 4.74 Å². The van der Waals surface area contributed by atoms with E-state index < -0.39 is 5.60 Å². The predicted octanol–water partition coefficient (Wildman–Crippen LogP) is 3.95. The van der Waals surface area contributed by atoms with Gasteiger partial charge in [0.2, 0.25) is 0 Å². The Labute approximate surface area is 166 Å². The highest BCUT2D eigenvalue weighted by molar-refractivity contribution is 5.94. The average molecular weight is 383 g/mol. The van der Waals surface area contributed by atoms with Gasteiger partial charge in [-0.1, -0.05) is 23.8 Å². The van der Waals surface area contributed by atoms with E-state index in [2.05, 4.69) is 10.3 Å². The van der Waals surface area contributed by atoms with E-state index in [1.54, 1.807) is 29.4 Å². The van der Waals surface area contributed by atoms with Crippen LogP contribution in [0.15, 0.2) is 48.8 Å². The molecular weight excluding hydrogens is 354 g/mol. The van der Waals surface area contributed by atoms with Gasteiger partial charge < -0.3 is 15.0 Å². The lowest BCUT2D eigenvalue weighted by atomic mass is 10.1. The maximum Gasteiger partial charge on any atom is 0.410 e. The Morgan fingerprint density at radius 3 is 2.46 bits per heavy atom. The van der Waals surface area contributed by atoms with Crippen molar-refractivity contribution in [3.63, 3.8) is 0 Å². The first-order valence-electron chi connectivity index (χ1n) is 9.46. The molecule has 6 heteroatoms. The van der Waals surface area contributed by atoms with Gasteiger partial charge in [0, 0.05) is 31.0 Å². The number of nitrogens with one attached hydrogen (secondary N) is 1. The molecule has 28 heavy (non-hydrogen) atoms. The molecule has 1 N–H and O–H groups in total. The van der Waals surface area contributed by atoms with E-state index in [1.807, 2.05) is 52.0 Å². The Morgan fingerprint density at radius 2 is 1.86 bits per heavy atom. The minimum atomic E-state index is -0.566. The van der Waals surface area contributed by atoms with Crippen LogP contribution < -0.4 is 5.32 Å². The molecule has 0 bridgehead atoms. The monoisotopic (exact) mass is 383 g/mol. The lowest BCUT2D eigenvalue weighted by Gasteiger charge is -2.27. The number of rotatable bonds is 7. The summed E-state index contributed by atoms with van der Waals surface area (Å²) in [5, 5.41) is 2.89. The lowest BCUT2D eigenvalue weighted by Crippen LogP contribution is -2.38. The van der Waals surface area contributed by atoms with E-state index in [-0.39, 0.29) is 12.0 Å². The van der Waals surface area contributed by atoms with Gasteiger partial charge in [-0.15, -0.1) is 0 Å². The predicted molar refractivity (Wildman–Crippen MR) is 109 cm³/mol. The van der Waals surface area contributed by atoms with E-state index in [0.717, 1.165) is 11.1 Å². The van der Waals surface area contributed by atoms with Gasteiger partial charge in [-0.05, 0) is 57.9 Å². The second-order valence-electron chi connectivity index (χ2n) is 7.74. The summed E-state index contributed by atoms with van der Waals surface area (Å²) in [5.74, 6) is -0.115. The number of hydrogen-bond donors (Lipinski definition) is 1. The van der Waals surface area contributed by atoms with E-state index in [0.29, 0.717) is 31.6 Å². The summed E-state index contributed by atoms with van der Waals surface area (Å²) in [6.45, 7) is 8.86. The minimum absolute atomic E-state index is 0.115. The highest BCUT2D eigenvalue weighted by Gasteiger charge is 2.22. The van der Waals surface area contributed by atoms with Crippen LogP contribution in [0.4, 0.5) is 4.79 Å². The molecule has 1 heterocycles. The second-order valence-corrected chi connectivity index (χ2v) is 7.74. The van der Waals surface area contributed by atoms with Gasteiger partial charge in [-0.2, -0.15) is 0 Å². The number of benzene rings is 1. The van der Waals surface area contributed by atoms with E-state index in [9.17, 15) is 9.59 Å². The van der Waals surface area contributed by atoms with Crippen molar-refractivity contribution < 1.29 is 14.3 Å². The summed E-state index contributed by atoms with van der Waals surface area (Å²) < 4.78 is 5.51. The molecule has 1 aromatic carbocycles. The number of aromatic nitrogens is 1. The quantitative estimate of drug-likeness (QED) is 0.735. The molecule has 0 aliphatic carbocycles. The molecule has 1 aromatic heterocycles. The standard InChI is InChI=1S/C22H29N3O3/c1-17-8-10-19(11-9-17)20(26)24-13-6-14-25(21(27)28-22(2,3)4)16-18-7-5-12-23-15-18/h5,7-12,15H,6,13-14,16H2,1-4H3,(H,24,26).